The van der Waals surface area contributed by atoms with Crippen LogP contribution in [-0.2, 0) is 9.53 Å². The highest BCUT2D eigenvalue weighted by Crippen LogP contribution is 2.19. The van der Waals surface area contributed by atoms with Gasteiger partial charge in [-0.1, -0.05) is 0 Å². The lowest BCUT2D eigenvalue weighted by Gasteiger charge is -2.13. The molecule has 2 rings (SSSR count). The molecule has 1 amide bonds. The molecule has 6 nitrogen and oxygen atoms in total. The first-order valence-electron chi connectivity index (χ1n) is 6.91. The molecule has 1 N–H and O–H groups in total. The summed E-state index contributed by atoms with van der Waals surface area (Å²) in [6.07, 6.45) is -2.58. The Morgan fingerprint density at radius 2 is 2.09 bits per heavy atom. The molecule has 1 atom stereocenters. The Labute approximate surface area is 130 Å². The summed E-state index contributed by atoms with van der Waals surface area (Å²) in [5.41, 5.74) is 0.00966. The maximum atomic E-state index is 12.0. The highest BCUT2D eigenvalue weighted by Gasteiger charge is 2.29. The molecule has 1 fully saturated rings. The van der Waals surface area contributed by atoms with Crippen molar-refractivity contribution < 1.29 is 32.2 Å². The Kier molecular flexibility index (Phi) is 5.07. The van der Waals surface area contributed by atoms with Crippen LogP contribution in [0.1, 0.15) is 30.1 Å². The quantitative estimate of drug-likeness (QED) is 0.805. The van der Waals surface area contributed by atoms with Crippen LogP contribution in [0, 0.1) is 0 Å². The van der Waals surface area contributed by atoms with Gasteiger partial charge in [0.15, 0.2) is 12.7 Å². The number of nitrogens with zero attached hydrogens (tertiary/aromatic N) is 1. The Balaban J connectivity index is 1.85. The number of aromatic nitrogens is 1. The zero-order valence-electron chi connectivity index (χ0n) is 12.2. The van der Waals surface area contributed by atoms with Gasteiger partial charge in [0.25, 0.3) is 5.91 Å². The van der Waals surface area contributed by atoms with E-state index in [1.54, 1.807) is 0 Å². The molecule has 0 saturated heterocycles. The Morgan fingerprint density at radius 1 is 1.39 bits per heavy atom. The molecule has 0 bridgehead atoms. The van der Waals surface area contributed by atoms with E-state index in [0.717, 1.165) is 25.1 Å². The SMILES string of the molecule is CC(OC(=O)c1ccc(OCC(F)(F)F)nc1)C(=O)NC1CC1. The Bertz CT molecular complexity index is 570. The second-order valence-electron chi connectivity index (χ2n) is 5.12. The first kappa shape index (κ1) is 17.0. The third-order valence-electron chi connectivity index (χ3n) is 2.93. The molecule has 1 saturated carbocycles. The van der Waals surface area contributed by atoms with Gasteiger partial charge in [0, 0.05) is 18.3 Å². The van der Waals surface area contributed by atoms with Crippen LogP contribution < -0.4 is 10.1 Å². The van der Waals surface area contributed by atoms with E-state index in [2.05, 4.69) is 15.0 Å². The second kappa shape index (κ2) is 6.84. The minimum absolute atomic E-state index is 0.00966. The van der Waals surface area contributed by atoms with Crippen LogP contribution >= 0.6 is 0 Å². The van der Waals surface area contributed by atoms with Crippen molar-refractivity contribution in [3.05, 3.63) is 23.9 Å². The molecule has 0 spiro atoms. The Hall–Kier alpha value is -2.32. The predicted molar refractivity (Wildman–Crippen MR) is 71.8 cm³/mol. The number of alkyl halides is 3. The number of amides is 1. The first-order valence-corrected chi connectivity index (χ1v) is 6.91. The van der Waals surface area contributed by atoms with Gasteiger partial charge in [-0.25, -0.2) is 9.78 Å². The molecule has 1 aliphatic carbocycles. The number of esters is 1. The zero-order chi connectivity index (χ0) is 17.0. The molecule has 0 radical (unpaired) electrons. The number of halogens is 3. The molecular formula is C14H15F3N2O4. The van der Waals surface area contributed by atoms with Crippen molar-refractivity contribution in [1.29, 1.82) is 0 Å². The summed E-state index contributed by atoms with van der Waals surface area (Å²) in [7, 11) is 0. The number of carbonyl (C=O) groups excluding carboxylic acids is 2. The van der Waals surface area contributed by atoms with Crippen LogP contribution in [0.15, 0.2) is 18.3 Å². The standard InChI is InChI=1S/C14H15F3N2O4/c1-8(12(20)19-10-3-4-10)23-13(21)9-2-5-11(18-6-9)22-7-14(15,16)17/h2,5-6,8,10H,3-4,7H2,1H3,(H,19,20). The normalized spacial score (nSPS) is 15.7. The predicted octanol–water partition coefficient (Wildman–Crippen LogP) is 1.85. The molecule has 9 heteroatoms. The number of carbonyl (C=O) groups is 2. The number of rotatable bonds is 6. The van der Waals surface area contributed by atoms with Crippen molar-refractivity contribution >= 4 is 11.9 Å². The van der Waals surface area contributed by atoms with E-state index in [-0.39, 0.29) is 23.4 Å². The topological polar surface area (TPSA) is 77.5 Å². The summed E-state index contributed by atoms with van der Waals surface area (Å²) in [6, 6.07) is 2.49. The van der Waals surface area contributed by atoms with E-state index < -0.39 is 24.9 Å². The van der Waals surface area contributed by atoms with Gasteiger partial charge in [-0.2, -0.15) is 13.2 Å². The van der Waals surface area contributed by atoms with E-state index in [1.165, 1.54) is 13.0 Å². The van der Waals surface area contributed by atoms with E-state index in [1.807, 2.05) is 0 Å². The fourth-order valence-electron chi connectivity index (χ4n) is 1.57. The fraction of sp³-hybridized carbons (Fsp3) is 0.500. The summed E-state index contributed by atoms with van der Waals surface area (Å²) < 4.78 is 45.4. The third kappa shape index (κ3) is 5.76. The van der Waals surface area contributed by atoms with E-state index >= 15 is 0 Å². The van der Waals surface area contributed by atoms with Crippen LogP contribution in [0.2, 0.25) is 0 Å². The molecule has 0 aliphatic heterocycles. The lowest BCUT2D eigenvalue weighted by molar-refractivity contribution is -0.154. The van der Waals surface area contributed by atoms with Gasteiger partial charge >= 0.3 is 12.1 Å². The number of hydrogen-bond acceptors (Lipinski definition) is 5. The fourth-order valence-corrected chi connectivity index (χ4v) is 1.57. The van der Waals surface area contributed by atoms with Gasteiger partial charge in [0.1, 0.15) is 0 Å². The van der Waals surface area contributed by atoms with Crippen molar-refractivity contribution in [3.63, 3.8) is 0 Å². The molecule has 1 heterocycles. The summed E-state index contributed by atoms with van der Waals surface area (Å²) in [5, 5.41) is 2.69. The average molecular weight is 332 g/mol. The molecule has 1 aromatic rings. The average Bonchev–Trinajstić information content (AvgIpc) is 3.28. The van der Waals surface area contributed by atoms with Gasteiger partial charge < -0.3 is 14.8 Å². The van der Waals surface area contributed by atoms with Crippen molar-refractivity contribution in [2.45, 2.75) is 38.1 Å². The van der Waals surface area contributed by atoms with Crippen molar-refractivity contribution in [1.82, 2.24) is 10.3 Å². The minimum atomic E-state index is -4.47. The number of nitrogens with one attached hydrogen (secondary N) is 1. The summed E-state index contributed by atoms with van der Waals surface area (Å²) in [4.78, 5) is 27.1. The Morgan fingerprint density at radius 3 is 2.61 bits per heavy atom. The third-order valence-corrected chi connectivity index (χ3v) is 2.93. The molecule has 23 heavy (non-hydrogen) atoms. The van der Waals surface area contributed by atoms with Crippen molar-refractivity contribution in [2.75, 3.05) is 6.61 Å². The van der Waals surface area contributed by atoms with Gasteiger partial charge in [-0.05, 0) is 25.8 Å². The summed E-state index contributed by atoms with van der Waals surface area (Å²) in [5.74, 6) is -1.45. The highest BCUT2D eigenvalue weighted by atomic mass is 19.4. The number of ether oxygens (including phenoxy) is 2. The number of hydrogen-bond donors (Lipinski definition) is 1. The van der Waals surface area contributed by atoms with E-state index in [4.69, 9.17) is 4.74 Å². The molecule has 1 unspecified atom stereocenters. The van der Waals surface area contributed by atoms with Gasteiger partial charge in [0.05, 0.1) is 5.56 Å². The van der Waals surface area contributed by atoms with Crippen molar-refractivity contribution in [3.8, 4) is 5.88 Å². The number of pyridine rings is 1. The smallest absolute Gasteiger partial charge is 0.422 e. The van der Waals surface area contributed by atoms with Crippen LogP contribution in [0.3, 0.4) is 0 Å². The molecular weight excluding hydrogens is 317 g/mol. The highest BCUT2D eigenvalue weighted by molar-refractivity contribution is 5.92. The van der Waals surface area contributed by atoms with Crippen molar-refractivity contribution in [2.24, 2.45) is 0 Å². The molecule has 126 valence electrons. The van der Waals surface area contributed by atoms with Crippen LogP contribution in [-0.4, -0.2) is 41.8 Å². The lowest BCUT2D eigenvalue weighted by Crippen LogP contribution is -2.37. The zero-order valence-corrected chi connectivity index (χ0v) is 12.2. The maximum Gasteiger partial charge on any atom is 0.422 e. The van der Waals surface area contributed by atoms with Gasteiger partial charge in [-0.15, -0.1) is 0 Å². The van der Waals surface area contributed by atoms with E-state index in [0.29, 0.717) is 0 Å². The van der Waals surface area contributed by atoms with Crippen LogP contribution in [0.25, 0.3) is 0 Å². The first-order chi connectivity index (χ1) is 10.7. The summed E-state index contributed by atoms with van der Waals surface area (Å²) in [6.45, 7) is -0.0357. The summed E-state index contributed by atoms with van der Waals surface area (Å²) >= 11 is 0. The van der Waals surface area contributed by atoms with Crippen LogP contribution in [0.4, 0.5) is 13.2 Å². The van der Waals surface area contributed by atoms with Gasteiger partial charge in [0.2, 0.25) is 5.88 Å². The second-order valence-corrected chi connectivity index (χ2v) is 5.12. The molecule has 1 aliphatic rings. The molecule has 1 aromatic heterocycles. The lowest BCUT2D eigenvalue weighted by atomic mass is 10.3. The van der Waals surface area contributed by atoms with Crippen LogP contribution in [0.5, 0.6) is 5.88 Å². The minimum Gasteiger partial charge on any atom is -0.468 e. The largest absolute Gasteiger partial charge is 0.468 e. The van der Waals surface area contributed by atoms with Gasteiger partial charge in [-0.3, -0.25) is 4.79 Å². The van der Waals surface area contributed by atoms with E-state index in [9.17, 15) is 22.8 Å². The maximum absolute atomic E-state index is 12.0. The monoisotopic (exact) mass is 332 g/mol. The molecule has 0 aromatic carbocycles.